The molecule has 2 heterocycles. The fraction of sp³-hybridized carbons (Fsp3) is 0.449. The summed E-state index contributed by atoms with van der Waals surface area (Å²) in [6.45, 7) is 2.18. The number of aromatic amines is 1. The van der Waals surface area contributed by atoms with E-state index in [-0.39, 0.29) is 49.5 Å². The fourth-order valence-corrected chi connectivity index (χ4v) is 10.7. The van der Waals surface area contributed by atoms with E-state index in [1.807, 2.05) is 46.9 Å². The van der Waals surface area contributed by atoms with E-state index in [2.05, 4.69) is 42.2 Å². The second kappa shape index (κ2) is 28.8. The Hall–Kier alpha value is -5.48. The summed E-state index contributed by atoms with van der Waals surface area (Å²) in [5.41, 5.74) is 14.8. The average Bonchev–Trinajstić information content (AvgIpc) is 3.77. The number of halogens is 1. The summed E-state index contributed by atoms with van der Waals surface area (Å²) in [5, 5.41) is 60.8. The highest BCUT2D eigenvalue weighted by molar-refractivity contribution is 14.1. The Bertz CT molecular complexity index is 2520. The van der Waals surface area contributed by atoms with Crippen LogP contribution in [0.2, 0.25) is 0 Å². The summed E-state index contributed by atoms with van der Waals surface area (Å²) in [4.78, 5) is 103. The van der Waals surface area contributed by atoms with Gasteiger partial charge in [0.1, 0.15) is 42.0 Å². The van der Waals surface area contributed by atoms with E-state index < -0.39 is 108 Å². The number of phenols is 1. The van der Waals surface area contributed by atoms with Crippen LogP contribution in [0, 0.1) is 3.57 Å². The van der Waals surface area contributed by atoms with E-state index >= 15 is 0 Å². The molecule has 0 saturated carbocycles. The maximum Gasteiger partial charge on any atom is 0.245 e. The van der Waals surface area contributed by atoms with Gasteiger partial charge in [0, 0.05) is 41.4 Å². The molecule has 5 rings (SSSR count). The number of phenolic OH excluding ortho intramolecular Hbond substituents is 1. The third kappa shape index (κ3) is 17.6. The molecule has 0 radical (unpaired) electrons. The first kappa shape index (κ1) is 58.4. The lowest BCUT2D eigenvalue weighted by molar-refractivity contribution is -0.136. The first-order valence-electron chi connectivity index (χ1n) is 23.7. The molecule has 1 aromatic heterocycles. The van der Waals surface area contributed by atoms with Gasteiger partial charge in [-0.3, -0.25) is 33.6 Å². The van der Waals surface area contributed by atoms with Crippen LogP contribution in [0.15, 0.2) is 79.0 Å². The van der Waals surface area contributed by atoms with Crippen molar-refractivity contribution in [3.63, 3.8) is 0 Å². The molecule has 1 aliphatic heterocycles. The van der Waals surface area contributed by atoms with Gasteiger partial charge in [-0.2, -0.15) is 0 Å². The molecule has 16 N–H and O–H groups in total. The number of carbonyl (C=O) groups is 7. The average molecular weight is 1160 g/mol. The van der Waals surface area contributed by atoms with E-state index in [1.54, 1.807) is 48.7 Å². The third-order valence-corrected chi connectivity index (χ3v) is 15.3. The quantitative estimate of drug-likeness (QED) is 0.0360. The Kier molecular flexibility index (Phi) is 23.1. The summed E-state index contributed by atoms with van der Waals surface area (Å²) in [7, 11) is 2.01. The van der Waals surface area contributed by atoms with Gasteiger partial charge in [-0.25, -0.2) is 0 Å². The molecule has 3 aromatic carbocycles. The van der Waals surface area contributed by atoms with Gasteiger partial charge in [0.15, 0.2) is 0 Å². The van der Waals surface area contributed by atoms with Crippen molar-refractivity contribution >= 4 is 96.4 Å². The van der Waals surface area contributed by atoms with Gasteiger partial charge in [0.2, 0.25) is 41.4 Å². The van der Waals surface area contributed by atoms with E-state index in [1.165, 1.54) is 19.9 Å². The van der Waals surface area contributed by atoms with Crippen molar-refractivity contribution in [1.29, 1.82) is 0 Å². The van der Waals surface area contributed by atoms with Gasteiger partial charge < -0.3 is 74.1 Å². The molecule has 73 heavy (non-hydrogen) atoms. The monoisotopic (exact) mass is 1160 g/mol. The lowest BCUT2D eigenvalue weighted by atomic mass is 10.0. The van der Waals surface area contributed by atoms with E-state index in [4.69, 9.17) is 11.5 Å². The zero-order chi connectivity index (χ0) is 53.2. The number of aliphatic hydroxyl groups excluding tert-OH is 3. The Morgan fingerprint density at radius 2 is 1.42 bits per heavy atom. The minimum atomic E-state index is -1.68. The third-order valence-electron chi connectivity index (χ3n) is 12.0. The van der Waals surface area contributed by atoms with Crippen LogP contribution in [0.1, 0.15) is 49.8 Å². The second-order valence-corrected chi connectivity index (χ2v) is 21.5. The van der Waals surface area contributed by atoms with Gasteiger partial charge in [0.05, 0.1) is 34.5 Å². The first-order valence-corrected chi connectivity index (χ1v) is 27.3. The zero-order valence-corrected chi connectivity index (χ0v) is 44.1. The summed E-state index contributed by atoms with van der Waals surface area (Å²) in [5.74, 6) is -6.31. The van der Waals surface area contributed by atoms with Crippen LogP contribution in [0.25, 0.3) is 10.9 Å². The maximum absolute atomic E-state index is 14.8. The number of carbonyl (C=O) groups excluding carboxylic acids is 7. The van der Waals surface area contributed by atoms with Crippen LogP contribution in [0.3, 0.4) is 0 Å². The number of nitrogens with one attached hydrogen (secondary N) is 8. The van der Waals surface area contributed by atoms with Crippen LogP contribution >= 0.6 is 44.2 Å². The highest BCUT2D eigenvalue weighted by atomic mass is 127. The van der Waals surface area contributed by atoms with Crippen molar-refractivity contribution in [3.8, 4) is 5.75 Å². The van der Waals surface area contributed by atoms with E-state index in [0.717, 1.165) is 38.1 Å². The number of unbranched alkanes of at least 4 members (excludes halogenated alkanes) is 1. The minimum Gasteiger partial charge on any atom is -0.507 e. The van der Waals surface area contributed by atoms with Gasteiger partial charge in [-0.05, 0) is 104 Å². The maximum atomic E-state index is 14.8. The molecule has 4 aromatic rings. The molecule has 24 heteroatoms. The number of H-pyrrole nitrogens is 1. The molecule has 1 fully saturated rings. The lowest BCUT2D eigenvalue weighted by Crippen LogP contribution is -2.62. The number of hydrogen-bond donors (Lipinski definition) is 14. The molecular weight excluding hydrogens is 1100 g/mol. The van der Waals surface area contributed by atoms with Crippen LogP contribution in [0.5, 0.6) is 5.75 Å². The number of rotatable bonds is 17. The zero-order valence-electron chi connectivity index (χ0n) is 40.3. The predicted octanol–water partition coefficient (Wildman–Crippen LogP) is -0.495. The number of benzene rings is 3. The molecule has 0 unspecified atom stereocenters. The molecule has 7 amide bonds. The summed E-state index contributed by atoms with van der Waals surface area (Å²) >= 11 is 1.92. The Balaban J connectivity index is 1.59. The Labute approximate surface area is 444 Å². The molecular formula is C49H65IN10O11S2. The van der Waals surface area contributed by atoms with Crippen molar-refractivity contribution in [1.82, 2.24) is 42.2 Å². The number of aromatic nitrogens is 1. The summed E-state index contributed by atoms with van der Waals surface area (Å²) < 4.78 is 0.453. The summed E-state index contributed by atoms with van der Waals surface area (Å²) in [6, 6.07) is 9.96. The van der Waals surface area contributed by atoms with Gasteiger partial charge in [-0.1, -0.05) is 76.2 Å². The van der Waals surface area contributed by atoms with Crippen LogP contribution in [-0.4, -0.2) is 152 Å². The molecule has 10 atom stereocenters. The van der Waals surface area contributed by atoms with Crippen LogP contribution in [0.4, 0.5) is 0 Å². The highest BCUT2D eigenvalue weighted by Crippen LogP contribution is 2.25. The number of hydrogen-bond acceptors (Lipinski definition) is 15. The largest absolute Gasteiger partial charge is 0.507 e. The Morgan fingerprint density at radius 1 is 0.781 bits per heavy atom. The van der Waals surface area contributed by atoms with Crippen molar-refractivity contribution in [2.45, 2.75) is 113 Å². The van der Waals surface area contributed by atoms with E-state index in [0.29, 0.717) is 27.5 Å². The van der Waals surface area contributed by atoms with E-state index in [9.17, 15) is 54.0 Å². The molecule has 0 aliphatic carbocycles. The number of fused-ring (bicyclic) bond motifs is 1. The van der Waals surface area contributed by atoms with Crippen molar-refractivity contribution < 1.29 is 54.0 Å². The molecule has 0 spiro atoms. The van der Waals surface area contributed by atoms with Crippen LogP contribution < -0.4 is 48.7 Å². The number of nitrogens with two attached hydrogens (primary N) is 2. The van der Waals surface area contributed by atoms with Gasteiger partial charge >= 0.3 is 0 Å². The lowest BCUT2D eigenvalue weighted by Gasteiger charge is -2.29. The Morgan fingerprint density at radius 3 is 2.10 bits per heavy atom. The number of aromatic hydroxyl groups is 1. The van der Waals surface area contributed by atoms with Crippen molar-refractivity contribution in [3.05, 3.63) is 99.3 Å². The van der Waals surface area contributed by atoms with Crippen molar-refractivity contribution in [2.24, 2.45) is 11.5 Å². The van der Waals surface area contributed by atoms with Crippen LogP contribution in [-0.2, 0) is 52.8 Å². The topological polar surface area (TPSA) is 352 Å². The van der Waals surface area contributed by atoms with Crippen molar-refractivity contribution in [2.75, 3.05) is 24.7 Å². The SMILES string of the molecule is C[C@H](O)[C@@H](CO)NC(=O)[C@@H]1CSSC[C@H](NC(=O)[C@H](N)Cc2ccccc2)C(=O)N[C@@H](Cc2ccc(O)c(I)c2)C(=O)N[C@H](Cc2c[nH]c3ccccc23)C(=O)N[C@@H](CCCCN)C(=O)N[C@@H]([C@@H](C)O)C(=O)N1. The standard InChI is InChI=1S/C49H65IN10O11S2/c1-26(62)38(23-61)57-48(70)40-25-73-72-24-39(58-43(65)33(52)19-28-10-4-3-5-11-28)47(69)55-36(20-29-15-16-41(64)32(50)18-29)45(67)56-37(21-30-22-53-34-13-7-6-12-31(30)34)46(68)54-35(14-8-9-17-51)44(66)60-42(27(2)63)49(71)59-40/h3-7,10-13,15-16,18,22,26-27,33,35-40,42,53,61-64H,8-9,14,17,19-21,23-25,51-52H2,1-2H3,(H,54,68)(H,55,69)(H,56,67)(H,57,70)(H,58,65)(H,59,71)(H,60,66)/t26-,27+,33+,35-,36-,37+,38+,39-,40-,42-/m0/s1. The molecule has 1 aliphatic rings. The molecule has 1 saturated heterocycles. The van der Waals surface area contributed by atoms with Gasteiger partial charge in [-0.15, -0.1) is 0 Å². The predicted molar refractivity (Wildman–Crippen MR) is 286 cm³/mol. The number of para-hydroxylation sites is 1. The first-order chi connectivity index (χ1) is 34.9. The smallest absolute Gasteiger partial charge is 0.245 e. The second-order valence-electron chi connectivity index (χ2n) is 17.8. The molecule has 21 nitrogen and oxygen atoms in total. The summed E-state index contributed by atoms with van der Waals surface area (Å²) in [6.07, 6.45) is -0.438. The molecule has 396 valence electrons. The fourth-order valence-electron chi connectivity index (χ4n) is 7.79. The number of aliphatic hydroxyl groups is 3. The molecule has 0 bridgehead atoms. The minimum absolute atomic E-state index is 0.0117. The number of amides is 7. The normalized spacial score (nSPS) is 22.5. The highest BCUT2D eigenvalue weighted by Gasteiger charge is 2.36. The van der Waals surface area contributed by atoms with Gasteiger partial charge in [0.25, 0.3) is 0 Å².